The summed E-state index contributed by atoms with van der Waals surface area (Å²) in [6.07, 6.45) is 0. The molecule has 3 aromatic carbocycles. The van der Waals surface area contributed by atoms with Crippen molar-refractivity contribution in [2.45, 2.75) is 33.7 Å². The summed E-state index contributed by atoms with van der Waals surface area (Å²) in [6, 6.07) is 13.9. The summed E-state index contributed by atoms with van der Waals surface area (Å²) in [5, 5.41) is 22.2. The quantitative estimate of drug-likeness (QED) is 0.233. The molecule has 1 heterocycles. The molecule has 0 radical (unpaired) electrons. The van der Waals surface area contributed by atoms with Gasteiger partial charge in [0.1, 0.15) is 17.3 Å². The Hall–Kier alpha value is -4.46. The van der Waals surface area contributed by atoms with Crippen molar-refractivity contribution in [2.75, 3.05) is 25.2 Å². The van der Waals surface area contributed by atoms with E-state index < -0.39 is 17.7 Å². The summed E-state index contributed by atoms with van der Waals surface area (Å²) in [5.74, 6) is -0.678. The fourth-order valence-corrected chi connectivity index (χ4v) is 4.62. The molecule has 38 heavy (non-hydrogen) atoms. The maximum Gasteiger partial charge on any atom is 0.300 e. The Morgan fingerprint density at radius 1 is 0.895 bits per heavy atom. The first-order valence-electron chi connectivity index (χ1n) is 12.4. The Morgan fingerprint density at radius 2 is 1.58 bits per heavy atom. The standard InChI is InChI=1S/C30H31NO7/c1-6-37-23-12-10-20(15-18(23)4)28(33)26-27(19-9-13-24(36-5)25(16-19)38-7-2)31(30(35)29(26)34)21-14-17(3)8-11-22(21)32/h8-16,27,32-33H,6-7H2,1-5H3/b28-26-. The van der Waals surface area contributed by atoms with Crippen LogP contribution >= 0.6 is 0 Å². The number of amides is 1. The third kappa shape index (κ3) is 4.77. The van der Waals surface area contributed by atoms with Crippen LogP contribution in [-0.4, -0.2) is 42.2 Å². The number of aliphatic hydroxyl groups is 1. The van der Waals surface area contributed by atoms with E-state index in [0.717, 1.165) is 11.1 Å². The normalized spacial score (nSPS) is 16.6. The SMILES string of the molecule is CCOc1ccc(/C(O)=C2/C(=O)C(=O)N(c3cc(C)ccc3O)C2c2ccc(OC)c(OCC)c2)cc1C. The molecule has 4 rings (SSSR count). The molecule has 1 aliphatic rings. The lowest BCUT2D eigenvalue weighted by Crippen LogP contribution is -2.29. The molecule has 0 saturated carbocycles. The summed E-state index contributed by atoms with van der Waals surface area (Å²) in [6.45, 7) is 8.21. The number of aromatic hydroxyl groups is 1. The Morgan fingerprint density at radius 3 is 2.24 bits per heavy atom. The van der Waals surface area contributed by atoms with Crippen LogP contribution in [0, 0.1) is 13.8 Å². The third-order valence-electron chi connectivity index (χ3n) is 6.39. The number of rotatable bonds is 8. The molecule has 1 atom stereocenters. The Bertz CT molecular complexity index is 1430. The number of hydrogen-bond acceptors (Lipinski definition) is 7. The number of aryl methyl sites for hydroxylation is 2. The van der Waals surface area contributed by atoms with Crippen molar-refractivity contribution < 1.29 is 34.0 Å². The minimum absolute atomic E-state index is 0.105. The molecule has 8 nitrogen and oxygen atoms in total. The highest BCUT2D eigenvalue weighted by Gasteiger charge is 2.48. The molecular formula is C30H31NO7. The fraction of sp³-hybridized carbons (Fsp3) is 0.267. The summed E-state index contributed by atoms with van der Waals surface area (Å²) < 4.78 is 16.8. The maximum atomic E-state index is 13.5. The molecule has 0 aliphatic carbocycles. The van der Waals surface area contributed by atoms with Gasteiger partial charge in [-0.25, -0.2) is 0 Å². The number of phenolic OH excluding ortho intramolecular Hbond substituents is 1. The highest BCUT2D eigenvalue weighted by atomic mass is 16.5. The van der Waals surface area contributed by atoms with Crippen molar-refractivity contribution in [2.24, 2.45) is 0 Å². The average Bonchev–Trinajstić information content (AvgIpc) is 3.16. The monoisotopic (exact) mass is 517 g/mol. The van der Waals surface area contributed by atoms with E-state index in [1.54, 1.807) is 48.5 Å². The van der Waals surface area contributed by atoms with Gasteiger partial charge in [0.05, 0.1) is 37.6 Å². The number of hydrogen-bond donors (Lipinski definition) is 2. The van der Waals surface area contributed by atoms with E-state index in [2.05, 4.69) is 0 Å². The molecule has 1 amide bonds. The number of aliphatic hydroxyl groups excluding tert-OH is 1. The zero-order valence-corrected chi connectivity index (χ0v) is 22.1. The van der Waals surface area contributed by atoms with E-state index in [4.69, 9.17) is 14.2 Å². The zero-order chi connectivity index (χ0) is 27.6. The molecule has 1 unspecified atom stereocenters. The van der Waals surface area contributed by atoms with Gasteiger partial charge < -0.3 is 24.4 Å². The number of carbonyl (C=O) groups is 2. The van der Waals surface area contributed by atoms with Gasteiger partial charge >= 0.3 is 0 Å². The number of ketones is 1. The van der Waals surface area contributed by atoms with Crippen molar-refractivity contribution >= 4 is 23.1 Å². The first-order chi connectivity index (χ1) is 18.2. The van der Waals surface area contributed by atoms with Gasteiger partial charge in [-0.3, -0.25) is 14.5 Å². The summed E-state index contributed by atoms with van der Waals surface area (Å²) in [7, 11) is 1.52. The Balaban J connectivity index is 1.97. The topological polar surface area (TPSA) is 106 Å². The van der Waals surface area contributed by atoms with Crippen molar-refractivity contribution in [1.82, 2.24) is 0 Å². The van der Waals surface area contributed by atoms with Gasteiger partial charge in [0.2, 0.25) is 0 Å². The van der Waals surface area contributed by atoms with Crippen LogP contribution in [0.5, 0.6) is 23.0 Å². The molecular weight excluding hydrogens is 486 g/mol. The summed E-state index contributed by atoms with van der Waals surface area (Å²) in [4.78, 5) is 28.2. The van der Waals surface area contributed by atoms with Gasteiger partial charge in [-0.15, -0.1) is 0 Å². The van der Waals surface area contributed by atoms with Crippen molar-refractivity contribution in [1.29, 1.82) is 0 Å². The molecule has 1 fully saturated rings. The Kier molecular flexibility index (Phi) is 7.62. The smallest absolute Gasteiger partial charge is 0.300 e. The predicted octanol–water partition coefficient (Wildman–Crippen LogP) is 5.44. The number of benzene rings is 3. The Labute approximate surface area is 221 Å². The van der Waals surface area contributed by atoms with E-state index in [1.807, 2.05) is 27.7 Å². The molecule has 3 aromatic rings. The minimum Gasteiger partial charge on any atom is -0.507 e. The number of phenols is 1. The van der Waals surface area contributed by atoms with Crippen molar-refractivity contribution in [3.63, 3.8) is 0 Å². The van der Waals surface area contributed by atoms with E-state index in [9.17, 15) is 19.8 Å². The second-order valence-electron chi connectivity index (χ2n) is 8.92. The number of Topliss-reactive ketones (excluding diaryl/α,β-unsaturated/α-hetero) is 1. The van der Waals surface area contributed by atoms with Gasteiger partial charge in [0.25, 0.3) is 11.7 Å². The third-order valence-corrected chi connectivity index (χ3v) is 6.39. The molecule has 1 aliphatic heterocycles. The number of ether oxygens (including phenoxy) is 3. The molecule has 0 bridgehead atoms. The van der Waals surface area contributed by atoms with Gasteiger partial charge in [-0.05, 0) is 86.8 Å². The zero-order valence-electron chi connectivity index (χ0n) is 22.1. The number of nitrogens with zero attached hydrogens (tertiary/aromatic N) is 1. The van der Waals surface area contributed by atoms with Crippen LogP contribution in [-0.2, 0) is 9.59 Å². The predicted molar refractivity (Wildman–Crippen MR) is 144 cm³/mol. The minimum atomic E-state index is -1.04. The molecule has 0 spiro atoms. The highest BCUT2D eigenvalue weighted by molar-refractivity contribution is 6.52. The lowest BCUT2D eigenvalue weighted by molar-refractivity contribution is -0.132. The van der Waals surface area contributed by atoms with Crippen LogP contribution in [0.3, 0.4) is 0 Å². The van der Waals surface area contributed by atoms with E-state index >= 15 is 0 Å². The second-order valence-corrected chi connectivity index (χ2v) is 8.92. The maximum absolute atomic E-state index is 13.5. The van der Waals surface area contributed by atoms with Crippen LogP contribution in [0.1, 0.15) is 42.1 Å². The van der Waals surface area contributed by atoms with Crippen LogP contribution in [0.15, 0.2) is 60.2 Å². The lowest BCUT2D eigenvalue weighted by atomic mass is 9.94. The summed E-state index contributed by atoms with van der Waals surface area (Å²) >= 11 is 0. The largest absolute Gasteiger partial charge is 0.507 e. The van der Waals surface area contributed by atoms with E-state index in [-0.39, 0.29) is 22.8 Å². The van der Waals surface area contributed by atoms with E-state index in [0.29, 0.717) is 41.6 Å². The van der Waals surface area contributed by atoms with Crippen LogP contribution < -0.4 is 19.1 Å². The van der Waals surface area contributed by atoms with Gasteiger partial charge in [-0.1, -0.05) is 12.1 Å². The van der Waals surface area contributed by atoms with E-state index in [1.165, 1.54) is 18.1 Å². The number of carbonyl (C=O) groups excluding carboxylic acids is 2. The molecule has 1 saturated heterocycles. The van der Waals surface area contributed by atoms with Crippen molar-refractivity contribution in [3.8, 4) is 23.0 Å². The van der Waals surface area contributed by atoms with Crippen LogP contribution in [0.2, 0.25) is 0 Å². The molecule has 2 N–H and O–H groups in total. The first kappa shape index (κ1) is 26.6. The highest BCUT2D eigenvalue weighted by Crippen LogP contribution is 2.46. The first-order valence-corrected chi connectivity index (χ1v) is 12.4. The fourth-order valence-electron chi connectivity index (χ4n) is 4.62. The van der Waals surface area contributed by atoms with Gasteiger partial charge in [0.15, 0.2) is 11.5 Å². The summed E-state index contributed by atoms with van der Waals surface area (Å²) in [5.41, 5.74) is 2.46. The van der Waals surface area contributed by atoms with Crippen LogP contribution in [0.25, 0.3) is 5.76 Å². The average molecular weight is 518 g/mol. The molecule has 0 aromatic heterocycles. The second kappa shape index (κ2) is 10.9. The van der Waals surface area contributed by atoms with Crippen LogP contribution in [0.4, 0.5) is 5.69 Å². The van der Waals surface area contributed by atoms with Gasteiger partial charge in [0, 0.05) is 5.56 Å². The lowest BCUT2D eigenvalue weighted by Gasteiger charge is -2.27. The number of anilines is 1. The number of methoxy groups -OCH3 is 1. The van der Waals surface area contributed by atoms with Crippen molar-refractivity contribution in [3.05, 3.63) is 82.4 Å². The molecule has 8 heteroatoms. The molecule has 198 valence electrons. The van der Waals surface area contributed by atoms with Gasteiger partial charge in [-0.2, -0.15) is 0 Å².